The number of nitrogens with one attached hydrogen (secondary N) is 1. The van der Waals surface area contributed by atoms with E-state index in [1.54, 1.807) is 0 Å². The first kappa shape index (κ1) is 16.5. The molecule has 4 nitrogen and oxygen atoms in total. The van der Waals surface area contributed by atoms with E-state index in [1.165, 1.54) is 22.1 Å². The molecule has 1 aromatic carbocycles. The second-order valence-electron chi connectivity index (χ2n) is 6.45. The van der Waals surface area contributed by atoms with Gasteiger partial charge in [-0.15, -0.1) is 0 Å². The number of piperidine rings is 1. The van der Waals surface area contributed by atoms with E-state index in [-0.39, 0.29) is 12.6 Å². The Morgan fingerprint density at radius 3 is 2.55 bits per heavy atom. The van der Waals surface area contributed by atoms with Crippen LogP contribution in [0.25, 0.3) is 0 Å². The molecular formula is C17H26IN3O. The highest BCUT2D eigenvalue weighted by molar-refractivity contribution is 14.1. The lowest BCUT2D eigenvalue weighted by Gasteiger charge is -2.43. The van der Waals surface area contributed by atoms with Crippen molar-refractivity contribution in [3.05, 3.63) is 27.8 Å². The highest BCUT2D eigenvalue weighted by atomic mass is 127. The van der Waals surface area contributed by atoms with E-state index in [2.05, 4.69) is 62.0 Å². The molecule has 0 aromatic heterocycles. The van der Waals surface area contributed by atoms with E-state index in [4.69, 9.17) is 0 Å². The van der Waals surface area contributed by atoms with Crippen LogP contribution in [0.15, 0.2) is 24.3 Å². The minimum Gasteiger partial charge on any atom is -0.395 e. The van der Waals surface area contributed by atoms with Gasteiger partial charge in [-0.05, 0) is 78.7 Å². The molecule has 0 unspecified atom stereocenters. The summed E-state index contributed by atoms with van der Waals surface area (Å²) < 4.78 is 1.27. The smallest absolute Gasteiger partial charge is 0.0604 e. The van der Waals surface area contributed by atoms with Crippen LogP contribution in [0.5, 0.6) is 0 Å². The number of halogens is 1. The van der Waals surface area contributed by atoms with Gasteiger partial charge in [0.25, 0.3) is 0 Å². The van der Waals surface area contributed by atoms with Crippen LogP contribution in [0.2, 0.25) is 0 Å². The van der Waals surface area contributed by atoms with E-state index in [9.17, 15) is 5.11 Å². The number of aliphatic hydroxyl groups excluding tert-OH is 1. The molecule has 3 rings (SSSR count). The summed E-state index contributed by atoms with van der Waals surface area (Å²) in [5.74, 6) is 0.792. The van der Waals surface area contributed by atoms with E-state index in [1.807, 2.05) is 0 Å². The highest BCUT2D eigenvalue weighted by Gasteiger charge is 2.28. The highest BCUT2D eigenvalue weighted by Crippen LogP contribution is 2.22. The average Bonchev–Trinajstić information content (AvgIpc) is 2.57. The molecule has 0 spiro atoms. The zero-order valence-electron chi connectivity index (χ0n) is 13.0. The molecule has 0 radical (unpaired) electrons. The van der Waals surface area contributed by atoms with Gasteiger partial charge >= 0.3 is 0 Å². The third kappa shape index (κ3) is 4.13. The normalized spacial score (nSPS) is 24.6. The van der Waals surface area contributed by atoms with Crippen molar-refractivity contribution in [1.29, 1.82) is 0 Å². The number of nitrogens with zero attached hydrogens (tertiary/aromatic N) is 2. The van der Waals surface area contributed by atoms with E-state index in [0.717, 1.165) is 45.2 Å². The van der Waals surface area contributed by atoms with Crippen LogP contribution in [0.4, 0.5) is 5.69 Å². The summed E-state index contributed by atoms with van der Waals surface area (Å²) >= 11 is 2.34. The van der Waals surface area contributed by atoms with E-state index < -0.39 is 0 Å². The Morgan fingerprint density at radius 1 is 1.14 bits per heavy atom. The molecule has 1 atom stereocenters. The Morgan fingerprint density at radius 2 is 1.86 bits per heavy atom. The fourth-order valence-electron chi connectivity index (χ4n) is 3.59. The van der Waals surface area contributed by atoms with Crippen molar-refractivity contribution in [2.24, 2.45) is 5.92 Å². The molecule has 2 heterocycles. The third-order valence-corrected chi connectivity index (χ3v) is 5.68. The second-order valence-corrected chi connectivity index (χ2v) is 7.69. The van der Waals surface area contributed by atoms with Gasteiger partial charge in [0.1, 0.15) is 0 Å². The van der Waals surface area contributed by atoms with Gasteiger partial charge in [0.05, 0.1) is 12.6 Å². The number of hydrogen-bond donors (Lipinski definition) is 2. The van der Waals surface area contributed by atoms with Crippen molar-refractivity contribution in [1.82, 2.24) is 10.2 Å². The van der Waals surface area contributed by atoms with Crippen molar-refractivity contribution in [3.8, 4) is 0 Å². The molecule has 122 valence electrons. The number of anilines is 1. The summed E-state index contributed by atoms with van der Waals surface area (Å²) in [7, 11) is 0. The largest absolute Gasteiger partial charge is 0.395 e. The molecule has 0 bridgehead atoms. The molecule has 0 aliphatic carbocycles. The maximum atomic E-state index is 9.82. The number of hydrogen-bond acceptors (Lipinski definition) is 4. The molecule has 0 saturated carbocycles. The monoisotopic (exact) mass is 415 g/mol. The summed E-state index contributed by atoms with van der Waals surface area (Å²) in [4.78, 5) is 4.93. The van der Waals surface area contributed by atoms with Crippen molar-refractivity contribution in [3.63, 3.8) is 0 Å². The molecule has 0 amide bonds. The Labute approximate surface area is 147 Å². The molecule has 22 heavy (non-hydrogen) atoms. The topological polar surface area (TPSA) is 38.7 Å². The van der Waals surface area contributed by atoms with E-state index >= 15 is 0 Å². The van der Waals surface area contributed by atoms with Crippen molar-refractivity contribution >= 4 is 28.3 Å². The van der Waals surface area contributed by atoms with Gasteiger partial charge in [0.15, 0.2) is 0 Å². The Kier molecular flexibility index (Phi) is 5.95. The molecule has 2 aliphatic rings. The van der Waals surface area contributed by atoms with Crippen molar-refractivity contribution < 1.29 is 5.11 Å². The van der Waals surface area contributed by atoms with Crippen LogP contribution in [-0.2, 0) is 0 Å². The number of benzene rings is 1. The fraction of sp³-hybridized carbons (Fsp3) is 0.647. The number of piperazine rings is 1. The summed E-state index contributed by atoms with van der Waals surface area (Å²) in [5, 5.41) is 13.3. The van der Waals surface area contributed by atoms with Crippen LogP contribution >= 0.6 is 22.6 Å². The second kappa shape index (κ2) is 7.95. The summed E-state index contributed by atoms with van der Waals surface area (Å²) in [6.45, 7) is 6.75. The quantitative estimate of drug-likeness (QED) is 0.736. The van der Waals surface area contributed by atoms with Crippen LogP contribution in [0.1, 0.15) is 12.8 Å². The first-order valence-electron chi connectivity index (χ1n) is 8.32. The van der Waals surface area contributed by atoms with Crippen molar-refractivity contribution in [2.45, 2.75) is 18.9 Å². The van der Waals surface area contributed by atoms with Gasteiger partial charge in [0, 0.05) is 35.4 Å². The first-order valence-corrected chi connectivity index (χ1v) is 9.40. The summed E-state index contributed by atoms with van der Waals surface area (Å²) in [6, 6.07) is 8.97. The molecule has 2 aliphatic heterocycles. The summed E-state index contributed by atoms with van der Waals surface area (Å²) in [5.41, 5.74) is 1.28. The van der Waals surface area contributed by atoms with Crippen LogP contribution in [0, 0.1) is 9.49 Å². The van der Waals surface area contributed by atoms with Gasteiger partial charge in [-0.1, -0.05) is 0 Å². The number of rotatable bonds is 4. The zero-order chi connectivity index (χ0) is 15.4. The maximum absolute atomic E-state index is 9.82. The fourth-order valence-corrected chi connectivity index (χ4v) is 3.95. The van der Waals surface area contributed by atoms with Crippen LogP contribution in [-0.4, -0.2) is 61.9 Å². The predicted molar refractivity (Wildman–Crippen MR) is 99.4 cm³/mol. The molecule has 2 saturated heterocycles. The Bertz CT molecular complexity index is 461. The lowest BCUT2D eigenvalue weighted by atomic mass is 9.96. The SMILES string of the molecule is OC[C@@H]1CN(c2ccc(I)cc2)CCN1CC1CCNCC1. The molecule has 5 heteroatoms. The van der Waals surface area contributed by atoms with Gasteiger partial charge in [-0.3, -0.25) is 4.90 Å². The van der Waals surface area contributed by atoms with Crippen molar-refractivity contribution in [2.75, 3.05) is 50.8 Å². The predicted octanol–water partition coefficient (Wildman–Crippen LogP) is 1.77. The lowest BCUT2D eigenvalue weighted by molar-refractivity contribution is 0.0896. The average molecular weight is 415 g/mol. The molecule has 1 aromatic rings. The maximum Gasteiger partial charge on any atom is 0.0604 e. The van der Waals surface area contributed by atoms with E-state index in [0.29, 0.717) is 0 Å². The Hall–Kier alpha value is -0.370. The standard InChI is InChI=1S/C17H26IN3O/c18-15-1-3-16(4-2-15)21-10-9-20(17(12-21)13-22)11-14-5-7-19-8-6-14/h1-4,14,17,19,22H,5-13H2/t17-/m0/s1. The van der Waals surface area contributed by atoms with Gasteiger partial charge in [0.2, 0.25) is 0 Å². The minimum atomic E-state index is 0.256. The first-order chi connectivity index (χ1) is 10.8. The molecule has 2 fully saturated rings. The molecule has 2 N–H and O–H groups in total. The lowest BCUT2D eigenvalue weighted by Crippen LogP contribution is -2.56. The zero-order valence-corrected chi connectivity index (χ0v) is 15.2. The molecular weight excluding hydrogens is 389 g/mol. The number of aliphatic hydroxyl groups is 1. The van der Waals surface area contributed by atoms with Gasteiger partial charge < -0.3 is 15.3 Å². The van der Waals surface area contributed by atoms with Gasteiger partial charge in [-0.2, -0.15) is 0 Å². The van der Waals surface area contributed by atoms with Crippen LogP contribution in [0.3, 0.4) is 0 Å². The third-order valence-electron chi connectivity index (χ3n) is 4.96. The minimum absolute atomic E-state index is 0.256. The Balaban J connectivity index is 1.59. The van der Waals surface area contributed by atoms with Gasteiger partial charge in [-0.25, -0.2) is 0 Å². The summed E-state index contributed by atoms with van der Waals surface area (Å²) in [6.07, 6.45) is 2.55. The van der Waals surface area contributed by atoms with Crippen LogP contribution < -0.4 is 10.2 Å².